The highest BCUT2D eigenvalue weighted by Crippen LogP contribution is 2.31. The molecule has 1 aromatic heterocycles. The zero-order valence-electron chi connectivity index (χ0n) is 14.5. The summed E-state index contributed by atoms with van der Waals surface area (Å²) in [6.07, 6.45) is 2.26. The van der Waals surface area contributed by atoms with E-state index in [1.54, 1.807) is 11.1 Å². The molecule has 1 saturated heterocycles. The fourth-order valence-corrected chi connectivity index (χ4v) is 3.96. The first kappa shape index (κ1) is 17.6. The van der Waals surface area contributed by atoms with Crippen molar-refractivity contribution < 1.29 is 14.7 Å². The van der Waals surface area contributed by atoms with Crippen LogP contribution in [0.5, 0.6) is 0 Å². The van der Waals surface area contributed by atoms with Gasteiger partial charge in [0.25, 0.3) is 5.91 Å². The van der Waals surface area contributed by atoms with Crippen molar-refractivity contribution in [1.29, 1.82) is 0 Å². The van der Waals surface area contributed by atoms with Crippen molar-refractivity contribution >= 4 is 23.0 Å². The number of rotatable bonds is 4. The molecular weight excluding hydrogens is 338 g/mol. The van der Waals surface area contributed by atoms with Crippen molar-refractivity contribution in [1.82, 2.24) is 9.88 Å². The maximum absolute atomic E-state index is 12.8. The Morgan fingerprint density at radius 2 is 2.28 bits per heavy atom. The Balaban J connectivity index is 1.86. The monoisotopic (exact) mass is 359 g/mol. The van der Waals surface area contributed by atoms with Crippen molar-refractivity contribution in [3.05, 3.63) is 40.5 Å². The van der Waals surface area contributed by atoms with Crippen LogP contribution < -0.4 is 0 Å². The van der Waals surface area contributed by atoms with E-state index in [2.05, 4.69) is 30.1 Å². The Morgan fingerprint density at radius 1 is 1.48 bits per heavy atom. The topological polar surface area (TPSA) is 75.0 Å². The normalized spacial score (nSPS) is 18.8. The van der Waals surface area contributed by atoms with Crippen molar-refractivity contribution in [3.63, 3.8) is 0 Å². The van der Waals surface area contributed by atoms with Crippen LogP contribution in [-0.4, -0.2) is 52.9 Å². The van der Waals surface area contributed by atoms with Crippen molar-refractivity contribution in [2.75, 3.05) is 20.3 Å². The molecule has 1 N–H and O–H groups in total. The highest BCUT2D eigenvalue weighted by molar-refractivity contribution is 7.17. The number of oxime groups is 1. The van der Waals surface area contributed by atoms with Gasteiger partial charge in [-0.3, -0.25) is 4.79 Å². The lowest BCUT2D eigenvalue weighted by molar-refractivity contribution is 0.0680. The van der Waals surface area contributed by atoms with Gasteiger partial charge in [0.05, 0.1) is 29.8 Å². The third kappa shape index (κ3) is 3.43. The number of aliphatic hydroxyl groups excluding tert-OH is 1. The Morgan fingerprint density at radius 3 is 3.00 bits per heavy atom. The van der Waals surface area contributed by atoms with Crippen LogP contribution in [0.1, 0.15) is 27.3 Å². The summed E-state index contributed by atoms with van der Waals surface area (Å²) in [6, 6.07) is 5.84. The number of aryl methyl sites for hydroxylation is 1. The number of benzene rings is 1. The molecule has 1 aliphatic rings. The minimum Gasteiger partial charge on any atom is -0.399 e. The van der Waals surface area contributed by atoms with E-state index in [1.807, 2.05) is 12.1 Å². The Bertz CT molecular complexity index is 816. The Kier molecular flexibility index (Phi) is 5.15. The molecule has 0 saturated carbocycles. The van der Waals surface area contributed by atoms with Gasteiger partial charge >= 0.3 is 0 Å². The maximum Gasteiger partial charge on any atom is 0.283 e. The van der Waals surface area contributed by atoms with E-state index >= 15 is 0 Å². The summed E-state index contributed by atoms with van der Waals surface area (Å²) in [5.41, 5.74) is 4.24. The Labute approximate surface area is 150 Å². The average Bonchev–Trinajstić information content (AvgIpc) is 3.24. The summed E-state index contributed by atoms with van der Waals surface area (Å²) >= 11 is 1.38. The number of amides is 1. The molecule has 0 spiro atoms. The number of thiazole rings is 1. The van der Waals surface area contributed by atoms with Gasteiger partial charge in [0.15, 0.2) is 5.01 Å². The quantitative estimate of drug-likeness (QED) is 0.852. The molecule has 2 heterocycles. The summed E-state index contributed by atoms with van der Waals surface area (Å²) in [6.45, 7) is 4.39. The van der Waals surface area contributed by atoms with Gasteiger partial charge in [0.2, 0.25) is 0 Å². The SMILES string of the molecule is CO/N=C1/C[C@@H](CO)N(C(=O)c2ncc(-c3cccc(C)c3C)s2)C1. The summed E-state index contributed by atoms with van der Waals surface area (Å²) < 4.78 is 0. The molecule has 25 heavy (non-hydrogen) atoms. The zero-order valence-corrected chi connectivity index (χ0v) is 15.3. The van der Waals surface area contributed by atoms with Crippen molar-refractivity contribution in [2.24, 2.45) is 5.16 Å². The number of hydrogen-bond acceptors (Lipinski definition) is 6. The molecule has 1 fully saturated rings. The number of aliphatic hydroxyl groups is 1. The molecule has 0 unspecified atom stereocenters. The minimum atomic E-state index is -0.283. The molecule has 1 amide bonds. The van der Waals surface area contributed by atoms with Gasteiger partial charge in [-0.1, -0.05) is 23.4 Å². The van der Waals surface area contributed by atoms with E-state index in [-0.39, 0.29) is 18.6 Å². The molecule has 0 radical (unpaired) electrons. The second-order valence-corrected chi connectivity index (χ2v) is 7.12. The third-order valence-corrected chi connectivity index (χ3v) is 5.53. The van der Waals surface area contributed by atoms with E-state index in [0.29, 0.717) is 18.0 Å². The lowest BCUT2D eigenvalue weighted by Crippen LogP contribution is -2.37. The fraction of sp³-hybridized carbons (Fsp3) is 0.389. The highest BCUT2D eigenvalue weighted by atomic mass is 32.1. The first-order valence-electron chi connectivity index (χ1n) is 8.08. The number of carbonyl (C=O) groups excluding carboxylic acids is 1. The van der Waals surface area contributed by atoms with Gasteiger partial charge in [-0.25, -0.2) is 4.98 Å². The van der Waals surface area contributed by atoms with Crippen molar-refractivity contribution in [2.45, 2.75) is 26.3 Å². The fourth-order valence-electron chi connectivity index (χ4n) is 3.01. The van der Waals surface area contributed by atoms with Gasteiger partial charge in [0, 0.05) is 12.6 Å². The summed E-state index contributed by atoms with van der Waals surface area (Å²) in [5.74, 6) is -0.179. The predicted octanol–water partition coefficient (Wildman–Crippen LogP) is 2.64. The van der Waals surface area contributed by atoms with Gasteiger partial charge in [0.1, 0.15) is 7.11 Å². The molecule has 7 heteroatoms. The summed E-state index contributed by atoms with van der Waals surface area (Å²) in [4.78, 5) is 24.5. The first-order valence-corrected chi connectivity index (χ1v) is 8.90. The number of aromatic nitrogens is 1. The molecule has 0 aliphatic carbocycles. The van der Waals surface area contributed by atoms with Gasteiger partial charge in [-0.15, -0.1) is 11.3 Å². The largest absolute Gasteiger partial charge is 0.399 e. The molecule has 3 rings (SSSR count). The molecule has 1 aliphatic heterocycles. The van der Waals surface area contributed by atoms with E-state index in [0.717, 1.165) is 16.2 Å². The van der Waals surface area contributed by atoms with Crippen molar-refractivity contribution in [3.8, 4) is 10.4 Å². The van der Waals surface area contributed by atoms with Crippen LogP contribution in [0.2, 0.25) is 0 Å². The van der Waals surface area contributed by atoms with Gasteiger partial charge < -0.3 is 14.8 Å². The van der Waals surface area contributed by atoms with Crippen LogP contribution in [0.25, 0.3) is 10.4 Å². The molecule has 1 aromatic carbocycles. The molecule has 2 aromatic rings. The lowest BCUT2D eigenvalue weighted by Gasteiger charge is -2.20. The number of likely N-dealkylation sites (tertiary alicyclic amines) is 1. The number of hydrogen-bond donors (Lipinski definition) is 1. The van der Waals surface area contributed by atoms with E-state index < -0.39 is 0 Å². The highest BCUT2D eigenvalue weighted by Gasteiger charge is 2.34. The predicted molar refractivity (Wildman–Crippen MR) is 98.0 cm³/mol. The second kappa shape index (κ2) is 7.33. The zero-order chi connectivity index (χ0) is 18.0. The van der Waals surface area contributed by atoms with Gasteiger partial charge in [-0.2, -0.15) is 0 Å². The summed E-state index contributed by atoms with van der Waals surface area (Å²) in [5, 5.41) is 13.9. The standard InChI is InChI=1S/C18H21N3O3S/c1-11-5-4-6-15(12(11)2)16-8-19-17(25-16)18(23)21-9-13(20-24-3)7-14(21)10-22/h4-6,8,14,22H,7,9-10H2,1-3H3/b20-13-/t14-/m0/s1. The van der Waals surface area contributed by atoms with Gasteiger partial charge in [-0.05, 0) is 30.5 Å². The average molecular weight is 359 g/mol. The van der Waals surface area contributed by atoms with Crippen LogP contribution in [0, 0.1) is 13.8 Å². The second-order valence-electron chi connectivity index (χ2n) is 6.09. The first-order chi connectivity index (χ1) is 12.0. The van der Waals surface area contributed by atoms with Crippen LogP contribution in [0.15, 0.2) is 29.6 Å². The smallest absolute Gasteiger partial charge is 0.283 e. The number of nitrogens with zero attached hydrogens (tertiary/aromatic N) is 3. The van der Waals surface area contributed by atoms with E-state index in [4.69, 9.17) is 4.84 Å². The van der Waals surface area contributed by atoms with E-state index in [9.17, 15) is 9.90 Å². The molecule has 6 nitrogen and oxygen atoms in total. The minimum absolute atomic E-state index is 0.107. The van der Waals surface area contributed by atoms with Crippen LogP contribution in [0.3, 0.4) is 0 Å². The lowest BCUT2D eigenvalue weighted by atomic mass is 10.0. The van der Waals surface area contributed by atoms with Crippen LogP contribution in [0.4, 0.5) is 0 Å². The molecular formula is C18H21N3O3S. The molecule has 1 atom stereocenters. The third-order valence-electron chi connectivity index (χ3n) is 4.52. The summed E-state index contributed by atoms with van der Waals surface area (Å²) in [7, 11) is 1.47. The number of carbonyl (C=O) groups is 1. The molecule has 0 bridgehead atoms. The molecule has 132 valence electrons. The van der Waals surface area contributed by atoms with Crippen LogP contribution >= 0.6 is 11.3 Å². The maximum atomic E-state index is 12.8. The Hall–Kier alpha value is -2.25. The van der Waals surface area contributed by atoms with Crippen LogP contribution in [-0.2, 0) is 4.84 Å². The van der Waals surface area contributed by atoms with E-state index in [1.165, 1.54) is 29.6 Å².